The van der Waals surface area contributed by atoms with Crippen molar-refractivity contribution >= 4 is 17.7 Å². The predicted octanol–water partition coefficient (Wildman–Crippen LogP) is 3.78. The highest BCUT2D eigenvalue weighted by molar-refractivity contribution is 7.99. The Kier molecular flexibility index (Phi) is 7.17. The molecule has 2 aliphatic rings. The quantitative estimate of drug-likeness (QED) is 0.486. The number of aromatic hydroxyl groups is 1. The van der Waals surface area contributed by atoms with E-state index >= 15 is 0 Å². The van der Waals surface area contributed by atoms with Gasteiger partial charge in [0.15, 0.2) is 16.7 Å². The Morgan fingerprint density at radius 1 is 1.21 bits per heavy atom. The third-order valence-corrected chi connectivity index (χ3v) is 7.62. The largest absolute Gasteiger partial charge is 0.493 e. The average molecular weight is 474 g/mol. The lowest BCUT2D eigenvalue weighted by atomic mass is 9.85. The summed E-state index contributed by atoms with van der Waals surface area (Å²) in [5.74, 6) is 1.25. The Morgan fingerprint density at radius 3 is 2.58 bits per heavy atom. The number of hydrogen-bond donors (Lipinski definition) is 2. The first-order valence-electron chi connectivity index (χ1n) is 11.4. The molecule has 1 amide bonds. The topological polar surface area (TPSA) is 105 Å². The number of benzene rings is 1. The van der Waals surface area contributed by atoms with Gasteiger partial charge in [0.05, 0.1) is 31.6 Å². The van der Waals surface area contributed by atoms with Crippen LogP contribution in [0.25, 0.3) is 0 Å². The molecule has 0 spiro atoms. The van der Waals surface area contributed by atoms with Gasteiger partial charge in [0.2, 0.25) is 11.8 Å². The average Bonchev–Trinajstić information content (AvgIpc) is 2.82. The van der Waals surface area contributed by atoms with Crippen molar-refractivity contribution in [2.75, 3.05) is 26.5 Å². The SMILES string of the molecule is COc1cc2c(cc1OC)[C@H](C)N(C(=O)CSc1nc(O)c(C3CCCCC3)c(=O)[nH]1)CC2. The molecule has 2 N–H and O–H groups in total. The minimum atomic E-state index is -0.300. The van der Waals surface area contributed by atoms with E-state index in [4.69, 9.17) is 9.47 Å². The fourth-order valence-electron chi connectivity index (χ4n) is 4.98. The summed E-state index contributed by atoms with van der Waals surface area (Å²) in [5, 5.41) is 10.7. The second-order valence-corrected chi connectivity index (χ2v) is 9.62. The number of amides is 1. The minimum absolute atomic E-state index is 0.0496. The molecular weight excluding hydrogens is 442 g/mol. The van der Waals surface area contributed by atoms with E-state index in [1.54, 1.807) is 14.2 Å². The maximum atomic E-state index is 13.0. The smallest absolute Gasteiger partial charge is 0.258 e. The Bertz CT molecular complexity index is 1080. The number of thioether (sulfide) groups is 1. The summed E-state index contributed by atoms with van der Waals surface area (Å²) < 4.78 is 10.8. The van der Waals surface area contributed by atoms with E-state index in [1.165, 1.54) is 6.42 Å². The molecule has 0 radical (unpaired) electrons. The summed E-state index contributed by atoms with van der Waals surface area (Å²) in [6, 6.07) is 3.80. The first-order valence-corrected chi connectivity index (χ1v) is 12.4. The van der Waals surface area contributed by atoms with Crippen molar-refractivity contribution in [3.8, 4) is 17.4 Å². The third kappa shape index (κ3) is 4.83. The maximum absolute atomic E-state index is 13.0. The highest BCUT2D eigenvalue weighted by Crippen LogP contribution is 2.38. The van der Waals surface area contributed by atoms with Gasteiger partial charge in [-0.25, -0.2) is 0 Å². The maximum Gasteiger partial charge on any atom is 0.258 e. The highest BCUT2D eigenvalue weighted by atomic mass is 32.2. The van der Waals surface area contributed by atoms with Gasteiger partial charge in [-0.2, -0.15) is 4.98 Å². The number of fused-ring (bicyclic) bond motifs is 1. The Morgan fingerprint density at radius 2 is 1.91 bits per heavy atom. The molecule has 0 unspecified atom stereocenters. The van der Waals surface area contributed by atoms with Crippen molar-refractivity contribution in [2.45, 2.75) is 62.6 Å². The van der Waals surface area contributed by atoms with Gasteiger partial charge in [0, 0.05) is 6.54 Å². The molecule has 33 heavy (non-hydrogen) atoms. The standard InChI is InChI=1S/C24H31N3O5S/c1-14-17-12-19(32-3)18(31-2)11-16(17)9-10-27(14)20(28)13-33-24-25-22(29)21(23(30)26-24)15-7-5-4-6-8-15/h11-12,14-15H,4-10,13H2,1-3H3,(H2,25,26,29,30)/t14-/m0/s1. The number of H-pyrrole nitrogens is 1. The van der Waals surface area contributed by atoms with Crippen molar-refractivity contribution < 1.29 is 19.4 Å². The molecule has 2 aromatic rings. The Labute approximate surface area is 197 Å². The van der Waals surface area contributed by atoms with Crippen molar-refractivity contribution in [1.29, 1.82) is 0 Å². The van der Waals surface area contributed by atoms with Crippen LogP contribution < -0.4 is 15.0 Å². The molecule has 1 aromatic carbocycles. The number of ether oxygens (including phenoxy) is 2. The number of hydrogen-bond acceptors (Lipinski definition) is 7. The van der Waals surface area contributed by atoms with E-state index in [9.17, 15) is 14.7 Å². The second kappa shape index (κ2) is 10.1. The molecule has 178 valence electrons. The Hall–Kier alpha value is -2.68. The zero-order chi connectivity index (χ0) is 23.5. The zero-order valence-corrected chi connectivity index (χ0v) is 20.2. The van der Waals surface area contributed by atoms with Crippen LogP contribution in [0.15, 0.2) is 22.1 Å². The molecule has 1 fully saturated rings. The molecule has 1 aliphatic heterocycles. The van der Waals surface area contributed by atoms with Gasteiger partial charge in [-0.05, 0) is 55.4 Å². The molecule has 0 bridgehead atoms. The molecule has 1 atom stereocenters. The van der Waals surface area contributed by atoms with Crippen LogP contribution in [0.1, 0.15) is 67.7 Å². The molecule has 1 aliphatic carbocycles. The van der Waals surface area contributed by atoms with Gasteiger partial charge in [0.25, 0.3) is 5.56 Å². The van der Waals surface area contributed by atoms with Gasteiger partial charge >= 0.3 is 0 Å². The summed E-state index contributed by atoms with van der Waals surface area (Å²) >= 11 is 1.14. The summed E-state index contributed by atoms with van der Waals surface area (Å²) in [7, 11) is 3.21. The van der Waals surface area contributed by atoms with Gasteiger partial charge in [-0.1, -0.05) is 31.0 Å². The molecule has 4 rings (SSSR count). The first-order chi connectivity index (χ1) is 15.9. The number of rotatable bonds is 6. The lowest BCUT2D eigenvalue weighted by molar-refractivity contribution is -0.130. The van der Waals surface area contributed by atoms with Crippen molar-refractivity contribution in [1.82, 2.24) is 14.9 Å². The van der Waals surface area contributed by atoms with Crippen LogP contribution in [0.4, 0.5) is 0 Å². The van der Waals surface area contributed by atoms with Gasteiger partial charge in [-0.15, -0.1) is 0 Å². The van der Waals surface area contributed by atoms with Crippen LogP contribution in [0.5, 0.6) is 17.4 Å². The van der Waals surface area contributed by atoms with Crippen LogP contribution in [0.2, 0.25) is 0 Å². The number of carbonyl (C=O) groups excluding carboxylic acids is 1. The monoisotopic (exact) mass is 473 g/mol. The number of aromatic amines is 1. The number of aromatic nitrogens is 2. The molecular formula is C24H31N3O5S. The minimum Gasteiger partial charge on any atom is -0.493 e. The highest BCUT2D eigenvalue weighted by Gasteiger charge is 2.29. The fraction of sp³-hybridized carbons (Fsp3) is 0.542. The normalized spacial score (nSPS) is 18.6. The van der Waals surface area contributed by atoms with Gasteiger partial charge < -0.3 is 24.5 Å². The molecule has 8 nitrogen and oxygen atoms in total. The Balaban J connectivity index is 1.44. The van der Waals surface area contributed by atoms with Crippen LogP contribution >= 0.6 is 11.8 Å². The van der Waals surface area contributed by atoms with Crippen LogP contribution in [0, 0.1) is 0 Å². The molecule has 1 saturated carbocycles. The summed E-state index contributed by atoms with van der Waals surface area (Å²) in [4.78, 5) is 34.4. The van der Waals surface area contributed by atoms with Gasteiger partial charge in [-0.3, -0.25) is 9.59 Å². The molecule has 1 aromatic heterocycles. The number of methoxy groups -OCH3 is 2. The van der Waals surface area contributed by atoms with Crippen molar-refractivity contribution in [2.24, 2.45) is 0 Å². The second-order valence-electron chi connectivity index (χ2n) is 8.65. The van der Waals surface area contributed by atoms with E-state index in [0.717, 1.165) is 55.0 Å². The van der Waals surface area contributed by atoms with Gasteiger partial charge in [0.1, 0.15) is 0 Å². The van der Waals surface area contributed by atoms with E-state index in [0.29, 0.717) is 23.6 Å². The van der Waals surface area contributed by atoms with Crippen LogP contribution in [0.3, 0.4) is 0 Å². The van der Waals surface area contributed by atoms with E-state index < -0.39 is 0 Å². The van der Waals surface area contributed by atoms with E-state index in [1.807, 2.05) is 24.0 Å². The third-order valence-electron chi connectivity index (χ3n) is 6.76. The summed E-state index contributed by atoms with van der Waals surface area (Å²) in [6.07, 6.45) is 5.80. The first kappa shape index (κ1) is 23.5. The lowest BCUT2D eigenvalue weighted by Gasteiger charge is -2.35. The van der Waals surface area contributed by atoms with E-state index in [2.05, 4.69) is 9.97 Å². The molecule has 0 saturated heterocycles. The molecule has 2 heterocycles. The van der Waals surface area contributed by atoms with Crippen molar-refractivity contribution in [3.63, 3.8) is 0 Å². The zero-order valence-electron chi connectivity index (χ0n) is 19.3. The van der Waals surface area contributed by atoms with Crippen LogP contribution in [-0.2, 0) is 11.2 Å². The number of carbonyl (C=O) groups is 1. The molecule has 9 heteroatoms. The predicted molar refractivity (Wildman–Crippen MR) is 126 cm³/mol. The fourth-order valence-corrected chi connectivity index (χ4v) is 5.72. The lowest BCUT2D eigenvalue weighted by Crippen LogP contribution is -2.40. The van der Waals surface area contributed by atoms with Crippen molar-refractivity contribution in [3.05, 3.63) is 39.2 Å². The summed E-state index contributed by atoms with van der Waals surface area (Å²) in [6.45, 7) is 2.59. The number of nitrogens with one attached hydrogen (secondary N) is 1. The summed E-state index contributed by atoms with van der Waals surface area (Å²) in [5.41, 5.74) is 2.27. The van der Waals surface area contributed by atoms with E-state index in [-0.39, 0.29) is 40.2 Å². The van der Waals surface area contributed by atoms with Crippen LogP contribution in [-0.4, -0.2) is 52.4 Å². The number of nitrogens with zero attached hydrogens (tertiary/aromatic N) is 2.